The molecule has 0 aliphatic carbocycles. The van der Waals surface area contributed by atoms with Crippen molar-refractivity contribution in [2.75, 3.05) is 24.3 Å². The molecule has 6 heteroatoms. The number of hydrogen-bond donors (Lipinski definition) is 1. The number of hydrogen-bond acceptors (Lipinski definition) is 4. The number of nitrogens with zero attached hydrogens (tertiary/aromatic N) is 2. The van der Waals surface area contributed by atoms with Gasteiger partial charge in [0.1, 0.15) is 0 Å². The molecular formula is C15H15N3O3. The fraction of sp³-hybridized carbons (Fsp3) is 0.133. The Morgan fingerprint density at radius 3 is 2.33 bits per heavy atom. The second-order valence-electron chi connectivity index (χ2n) is 4.43. The van der Waals surface area contributed by atoms with Gasteiger partial charge >= 0.3 is 0 Å². The van der Waals surface area contributed by atoms with Crippen molar-refractivity contribution in [1.82, 2.24) is 0 Å². The smallest absolute Gasteiger partial charge is 0.269 e. The minimum absolute atomic E-state index is 0.00442. The normalized spacial score (nSPS) is 10.0. The average Bonchev–Trinajstić information content (AvgIpc) is 2.53. The first-order valence-electron chi connectivity index (χ1n) is 6.34. The van der Waals surface area contributed by atoms with E-state index in [2.05, 4.69) is 5.32 Å². The van der Waals surface area contributed by atoms with Gasteiger partial charge in [0.25, 0.3) is 11.6 Å². The van der Waals surface area contributed by atoms with Crippen LogP contribution in [0, 0.1) is 10.1 Å². The van der Waals surface area contributed by atoms with Crippen LogP contribution in [0.3, 0.4) is 0 Å². The van der Waals surface area contributed by atoms with E-state index in [1.807, 2.05) is 12.1 Å². The predicted octanol–water partition coefficient (Wildman–Crippen LogP) is 2.91. The van der Waals surface area contributed by atoms with Crippen LogP contribution in [-0.4, -0.2) is 24.9 Å². The maximum Gasteiger partial charge on any atom is 0.269 e. The zero-order chi connectivity index (χ0) is 15.4. The van der Waals surface area contributed by atoms with E-state index in [9.17, 15) is 14.9 Å². The maximum absolute atomic E-state index is 12.5. The molecule has 0 fully saturated rings. The third kappa shape index (κ3) is 3.00. The monoisotopic (exact) mass is 285 g/mol. The summed E-state index contributed by atoms with van der Waals surface area (Å²) in [7, 11) is 3.38. The number of nitro groups is 1. The zero-order valence-electron chi connectivity index (χ0n) is 11.7. The molecule has 0 aromatic heterocycles. The molecule has 0 spiro atoms. The van der Waals surface area contributed by atoms with Gasteiger partial charge in [-0.2, -0.15) is 0 Å². The van der Waals surface area contributed by atoms with Crippen molar-refractivity contribution in [2.24, 2.45) is 0 Å². The van der Waals surface area contributed by atoms with Crippen LogP contribution in [0.5, 0.6) is 0 Å². The minimum Gasteiger partial charge on any atom is -0.387 e. The predicted molar refractivity (Wildman–Crippen MR) is 81.8 cm³/mol. The summed E-state index contributed by atoms with van der Waals surface area (Å²) in [6.45, 7) is 0. The SMILES string of the molecule is CNc1ccccc1C(=O)N(C)c1ccc([N+](=O)[O-])cc1. The van der Waals surface area contributed by atoms with Crippen LogP contribution in [0.25, 0.3) is 0 Å². The van der Waals surface area contributed by atoms with Crippen molar-refractivity contribution in [3.8, 4) is 0 Å². The molecule has 0 aliphatic rings. The van der Waals surface area contributed by atoms with E-state index in [1.54, 1.807) is 38.4 Å². The topological polar surface area (TPSA) is 75.5 Å². The molecule has 0 saturated heterocycles. The van der Waals surface area contributed by atoms with Gasteiger partial charge in [0.15, 0.2) is 0 Å². The fourth-order valence-electron chi connectivity index (χ4n) is 1.98. The molecule has 0 radical (unpaired) electrons. The van der Waals surface area contributed by atoms with Gasteiger partial charge in [0, 0.05) is 37.6 Å². The van der Waals surface area contributed by atoms with E-state index in [0.717, 1.165) is 5.69 Å². The van der Waals surface area contributed by atoms with Crippen molar-refractivity contribution in [1.29, 1.82) is 0 Å². The molecule has 6 nitrogen and oxygen atoms in total. The third-order valence-corrected chi connectivity index (χ3v) is 3.18. The van der Waals surface area contributed by atoms with Gasteiger partial charge in [0.2, 0.25) is 0 Å². The lowest BCUT2D eigenvalue weighted by Crippen LogP contribution is -2.26. The molecule has 0 atom stereocenters. The van der Waals surface area contributed by atoms with Gasteiger partial charge in [-0.25, -0.2) is 0 Å². The summed E-state index contributed by atoms with van der Waals surface area (Å²) in [6.07, 6.45) is 0. The Balaban J connectivity index is 2.28. The van der Waals surface area contributed by atoms with E-state index in [4.69, 9.17) is 0 Å². The number of nitro benzene ring substituents is 1. The van der Waals surface area contributed by atoms with Crippen molar-refractivity contribution < 1.29 is 9.72 Å². The average molecular weight is 285 g/mol. The quantitative estimate of drug-likeness (QED) is 0.692. The summed E-state index contributed by atoms with van der Waals surface area (Å²) >= 11 is 0. The number of para-hydroxylation sites is 1. The molecule has 108 valence electrons. The number of carbonyl (C=O) groups is 1. The molecule has 0 unspecified atom stereocenters. The number of nitrogens with one attached hydrogen (secondary N) is 1. The molecule has 2 aromatic rings. The van der Waals surface area contributed by atoms with Crippen molar-refractivity contribution in [2.45, 2.75) is 0 Å². The molecule has 1 N–H and O–H groups in total. The van der Waals surface area contributed by atoms with Crippen molar-refractivity contribution in [3.63, 3.8) is 0 Å². The third-order valence-electron chi connectivity index (χ3n) is 3.18. The molecule has 0 aliphatic heterocycles. The number of rotatable bonds is 4. The van der Waals surface area contributed by atoms with Crippen molar-refractivity contribution in [3.05, 3.63) is 64.2 Å². The van der Waals surface area contributed by atoms with Gasteiger partial charge in [-0.3, -0.25) is 14.9 Å². The Morgan fingerprint density at radius 2 is 1.76 bits per heavy atom. The molecule has 1 amide bonds. The second kappa shape index (κ2) is 6.04. The highest BCUT2D eigenvalue weighted by molar-refractivity contribution is 6.09. The summed E-state index contributed by atoms with van der Waals surface area (Å²) in [5.74, 6) is -0.186. The molecular weight excluding hydrogens is 270 g/mol. The lowest BCUT2D eigenvalue weighted by atomic mass is 10.1. The molecule has 21 heavy (non-hydrogen) atoms. The first-order chi connectivity index (χ1) is 10.0. The Morgan fingerprint density at radius 1 is 1.14 bits per heavy atom. The van der Waals surface area contributed by atoms with Crippen LogP contribution in [-0.2, 0) is 0 Å². The van der Waals surface area contributed by atoms with Crippen LogP contribution >= 0.6 is 0 Å². The van der Waals surface area contributed by atoms with Crippen LogP contribution < -0.4 is 10.2 Å². The van der Waals surface area contributed by atoms with Crippen LogP contribution in [0.4, 0.5) is 17.1 Å². The van der Waals surface area contributed by atoms with E-state index < -0.39 is 4.92 Å². The molecule has 2 aromatic carbocycles. The summed E-state index contributed by atoms with van der Waals surface area (Å²) in [5.41, 5.74) is 1.86. The Labute approximate surface area is 122 Å². The van der Waals surface area contributed by atoms with Crippen LogP contribution in [0.2, 0.25) is 0 Å². The largest absolute Gasteiger partial charge is 0.387 e. The lowest BCUT2D eigenvalue weighted by Gasteiger charge is -2.19. The van der Waals surface area contributed by atoms with Gasteiger partial charge in [0.05, 0.1) is 10.5 Å². The highest BCUT2D eigenvalue weighted by Crippen LogP contribution is 2.22. The first kappa shape index (κ1) is 14.5. The summed E-state index contributed by atoms with van der Waals surface area (Å²) in [5, 5.41) is 13.6. The van der Waals surface area contributed by atoms with E-state index in [0.29, 0.717) is 11.3 Å². The summed E-state index contributed by atoms with van der Waals surface area (Å²) < 4.78 is 0. The molecule has 0 bridgehead atoms. The Bertz CT molecular complexity index is 668. The Hall–Kier alpha value is -2.89. The zero-order valence-corrected chi connectivity index (χ0v) is 11.7. The number of amides is 1. The number of benzene rings is 2. The number of anilines is 2. The van der Waals surface area contributed by atoms with Crippen LogP contribution in [0.1, 0.15) is 10.4 Å². The standard InChI is InChI=1S/C15H15N3O3/c1-16-14-6-4-3-5-13(14)15(19)17(2)11-7-9-12(10-8-11)18(20)21/h3-10,16H,1-2H3. The van der Waals surface area contributed by atoms with Crippen LogP contribution in [0.15, 0.2) is 48.5 Å². The highest BCUT2D eigenvalue weighted by Gasteiger charge is 2.17. The summed E-state index contributed by atoms with van der Waals surface area (Å²) in [4.78, 5) is 24.1. The molecule has 0 heterocycles. The van der Waals surface area contributed by atoms with Gasteiger partial charge in [-0.05, 0) is 24.3 Å². The van der Waals surface area contributed by atoms with Gasteiger partial charge in [-0.15, -0.1) is 0 Å². The Kier molecular flexibility index (Phi) is 4.18. The minimum atomic E-state index is -0.470. The lowest BCUT2D eigenvalue weighted by molar-refractivity contribution is -0.384. The van der Waals surface area contributed by atoms with Gasteiger partial charge < -0.3 is 10.2 Å². The number of non-ortho nitro benzene ring substituents is 1. The van der Waals surface area contributed by atoms with E-state index in [1.165, 1.54) is 17.0 Å². The van der Waals surface area contributed by atoms with E-state index in [-0.39, 0.29) is 11.6 Å². The highest BCUT2D eigenvalue weighted by atomic mass is 16.6. The fourth-order valence-corrected chi connectivity index (χ4v) is 1.98. The second-order valence-corrected chi connectivity index (χ2v) is 4.43. The van der Waals surface area contributed by atoms with Gasteiger partial charge in [-0.1, -0.05) is 12.1 Å². The summed E-state index contributed by atoms with van der Waals surface area (Å²) in [6, 6.07) is 13.0. The molecule has 0 saturated carbocycles. The van der Waals surface area contributed by atoms with E-state index >= 15 is 0 Å². The number of carbonyl (C=O) groups excluding carboxylic acids is 1. The van der Waals surface area contributed by atoms with Crippen molar-refractivity contribution >= 4 is 23.0 Å². The first-order valence-corrected chi connectivity index (χ1v) is 6.34. The molecule has 2 rings (SSSR count). The maximum atomic E-state index is 12.5.